The molecule has 11 nitrogen and oxygen atoms in total. The summed E-state index contributed by atoms with van der Waals surface area (Å²) in [6, 6.07) is 13.0. The Morgan fingerprint density at radius 1 is 1.04 bits per heavy atom. The van der Waals surface area contributed by atoms with Gasteiger partial charge in [-0.15, -0.1) is 11.3 Å². The number of ketones is 1. The minimum atomic E-state index is -0.866. The Bertz CT molecular complexity index is 1850. The first-order valence-electron chi connectivity index (χ1n) is 19.0. The molecule has 2 amide bonds. The first kappa shape index (κ1) is 37.6. The van der Waals surface area contributed by atoms with Crippen LogP contribution in [0.5, 0.6) is 0 Å². The maximum atomic E-state index is 14.4. The van der Waals surface area contributed by atoms with E-state index in [-0.39, 0.29) is 48.5 Å². The van der Waals surface area contributed by atoms with E-state index < -0.39 is 12.1 Å². The molecule has 2 aromatic carbocycles. The zero-order valence-electron chi connectivity index (χ0n) is 30.2. The number of ether oxygens (including phenoxy) is 1. The number of Topliss-reactive ketones (excluding diaryl/α,β-unsaturated/α-hetero) is 1. The molecule has 4 heterocycles. The lowest BCUT2D eigenvalue weighted by atomic mass is 9.79. The number of amides is 2. The van der Waals surface area contributed by atoms with Gasteiger partial charge in [-0.1, -0.05) is 48.7 Å². The van der Waals surface area contributed by atoms with Crippen molar-refractivity contribution in [2.24, 2.45) is 17.6 Å². The average Bonchev–Trinajstić information content (AvgIpc) is 3.92. The number of aryl methyl sites for hydroxylation is 1. The zero-order chi connectivity index (χ0) is 36.9. The number of carbonyl (C=O) groups is 3. The molecule has 0 radical (unpaired) electrons. The van der Waals surface area contributed by atoms with Gasteiger partial charge in [-0.3, -0.25) is 14.4 Å². The van der Waals surface area contributed by atoms with Crippen LogP contribution in [-0.2, 0) is 27.4 Å². The molecule has 282 valence electrons. The number of halogens is 1. The number of rotatable bonds is 13. The Kier molecular flexibility index (Phi) is 12.2. The summed E-state index contributed by atoms with van der Waals surface area (Å²) in [5.74, 6) is 0.133. The highest BCUT2D eigenvalue weighted by molar-refractivity contribution is 7.11. The number of nitrogens with one attached hydrogen (secondary N) is 2. The molecular formula is C40H49ClN6O5S. The van der Waals surface area contributed by atoms with Gasteiger partial charge in [0.05, 0.1) is 35.9 Å². The third kappa shape index (κ3) is 9.17. The summed E-state index contributed by atoms with van der Waals surface area (Å²) >= 11 is 7.76. The Balaban J connectivity index is 1.10. The van der Waals surface area contributed by atoms with Crippen molar-refractivity contribution in [3.63, 3.8) is 0 Å². The van der Waals surface area contributed by atoms with E-state index in [1.54, 1.807) is 28.4 Å². The Morgan fingerprint density at radius 3 is 2.51 bits per heavy atom. The molecule has 53 heavy (non-hydrogen) atoms. The second-order valence-corrected chi connectivity index (χ2v) is 16.6. The summed E-state index contributed by atoms with van der Waals surface area (Å²) in [7, 11) is 0. The number of nitrogens with zero attached hydrogens (tertiary/aromatic N) is 3. The van der Waals surface area contributed by atoms with Gasteiger partial charge >= 0.3 is 0 Å². The molecule has 2 aromatic heterocycles. The lowest BCUT2D eigenvalue weighted by molar-refractivity contribution is -0.138. The molecule has 3 atom stereocenters. The first-order valence-corrected chi connectivity index (χ1v) is 20.2. The van der Waals surface area contributed by atoms with Crippen LogP contribution < -0.4 is 16.4 Å². The molecule has 2 aliphatic heterocycles. The van der Waals surface area contributed by atoms with Crippen LogP contribution in [0.4, 0.5) is 0 Å². The van der Waals surface area contributed by atoms with Crippen LogP contribution in [0.25, 0.3) is 11.1 Å². The monoisotopic (exact) mass is 760 g/mol. The van der Waals surface area contributed by atoms with Crippen LogP contribution in [0.3, 0.4) is 0 Å². The molecule has 4 N–H and O–H groups in total. The highest BCUT2D eigenvalue weighted by atomic mass is 35.5. The van der Waals surface area contributed by atoms with E-state index in [4.69, 9.17) is 31.5 Å². The van der Waals surface area contributed by atoms with E-state index in [1.807, 2.05) is 43.3 Å². The maximum Gasteiger partial charge on any atom is 0.266 e. The Hall–Kier alpha value is -3.68. The third-order valence-electron chi connectivity index (χ3n) is 11.2. The number of thiazole rings is 1. The van der Waals surface area contributed by atoms with Gasteiger partial charge in [-0.25, -0.2) is 9.97 Å². The summed E-state index contributed by atoms with van der Waals surface area (Å²) in [6.45, 7) is 5.16. The normalized spacial score (nSPS) is 23.0. The van der Waals surface area contributed by atoms with Crippen molar-refractivity contribution >= 4 is 51.6 Å². The molecule has 4 aromatic rings. The fourth-order valence-corrected chi connectivity index (χ4v) is 9.24. The van der Waals surface area contributed by atoms with E-state index in [2.05, 4.69) is 15.6 Å². The van der Waals surface area contributed by atoms with Crippen molar-refractivity contribution in [3.05, 3.63) is 80.6 Å². The molecular weight excluding hydrogens is 712 g/mol. The van der Waals surface area contributed by atoms with Gasteiger partial charge in [-0.05, 0) is 100 Å². The number of oxazole rings is 1. The molecule has 0 unspecified atom stereocenters. The van der Waals surface area contributed by atoms with Crippen molar-refractivity contribution in [2.75, 3.05) is 26.2 Å². The van der Waals surface area contributed by atoms with Gasteiger partial charge in [0.15, 0.2) is 5.58 Å². The van der Waals surface area contributed by atoms with Gasteiger partial charge in [0, 0.05) is 28.8 Å². The number of piperidine rings is 1. The summed E-state index contributed by atoms with van der Waals surface area (Å²) in [4.78, 5) is 54.7. The van der Waals surface area contributed by atoms with Crippen molar-refractivity contribution in [1.82, 2.24) is 25.5 Å². The second kappa shape index (κ2) is 17.2. The third-order valence-corrected chi connectivity index (χ3v) is 12.6. The minimum absolute atomic E-state index is 0.0285. The van der Waals surface area contributed by atoms with Crippen LogP contribution in [0.1, 0.15) is 89.1 Å². The van der Waals surface area contributed by atoms with Gasteiger partial charge in [0.25, 0.3) is 5.89 Å². The van der Waals surface area contributed by atoms with Crippen molar-refractivity contribution < 1.29 is 23.5 Å². The first-order chi connectivity index (χ1) is 25.7. The highest BCUT2D eigenvalue weighted by Crippen LogP contribution is 2.34. The lowest BCUT2D eigenvalue weighted by Gasteiger charge is -2.31. The molecule has 3 fully saturated rings. The molecule has 2 saturated heterocycles. The van der Waals surface area contributed by atoms with Gasteiger partial charge in [-0.2, -0.15) is 0 Å². The predicted octanol–water partition coefficient (Wildman–Crippen LogP) is 5.96. The number of hydrogen-bond donors (Lipinski definition) is 3. The SMILES string of the molecule is Cc1sc(C2CCNCC2)nc1CC(=O)N1C[C@H](OCc2ccc(Cl)cc2)C[C@H]1C(=O)N[C@@H](C[C@H]1CC[C@H](CN)CC1)C(=O)c1nc2ccccc2o1. The summed E-state index contributed by atoms with van der Waals surface area (Å²) in [6.07, 6.45) is 6.35. The standard InChI is InChI=1S/C40H49ClN6O5S/c1-24-32(46-40(53-24)28-14-16-43-17-15-28)20-36(48)47-22-30(51-23-27-10-12-29(41)13-11-27)19-34(47)38(50)44-33(18-25-6-8-26(21-42)9-7-25)37(49)39-45-31-4-2-3-5-35(31)52-39/h2-5,10-13,25-26,28,30,33-34,43H,6-9,14-23,42H2,1H3,(H,44,50)/t25-,26-,30-,33+,34+/m1/s1. The number of para-hydroxylation sites is 2. The number of benzene rings is 2. The van der Waals surface area contributed by atoms with Crippen LogP contribution in [-0.4, -0.2) is 76.8 Å². The molecule has 7 rings (SSSR count). The van der Waals surface area contributed by atoms with E-state index in [1.165, 1.54) is 0 Å². The maximum absolute atomic E-state index is 14.4. The molecule has 13 heteroatoms. The van der Waals surface area contributed by atoms with Crippen LogP contribution >= 0.6 is 22.9 Å². The number of carbonyl (C=O) groups excluding carboxylic acids is 3. The Morgan fingerprint density at radius 2 is 1.77 bits per heavy atom. The van der Waals surface area contributed by atoms with Crippen molar-refractivity contribution in [2.45, 2.75) is 95.4 Å². The molecule has 1 aliphatic carbocycles. The number of likely N-dealkylation sites (tertiary alicyclic amines) is 1. The van der Waals surface area contributed by atoms with E-state index >= 15 is 0 Å². The van der Waals surface area contributed by atoms with Crippen molar-refractivity contribution in [3.8, 4) is 0 Å². The van der Waals surface area contributed by atoms with Gasteiger partial charge in [0.1, 0.15) is 11.6 Å². The fraction of sp³-hybridized carbons (Fsp3) is 0.525. The smallest absolute Gasteiger partial charge is 0.266 e. The Labute approximate surface area is 319 Å². The van der Waals surface area contributed by atoms with E-state index in [0.717, 1.165) is 72.8 Å². The molecule has 0 spiro atoms. The molecule has 3 aliphatic rings. The summed E-state index contributed by atoms with van der Waals surface area (Å²) in [5.41, 5.74) is 8.76. The molecule has 0 bridgehead atoms. The van der Waals surface area contributed by atoms with Crippen LogP contribution in [0.2, 0.25) is 5.02 Å². The largest absolute Gasteiger partial charge is 0.434 e. The number of fused-ring (bicyclic) bond motifs is 1. The lowest BCUT2D eigenvalue weighted by Crippen LogP contribution is -2.51. The summed E-state index contributed by atoms with van der Waals surface area (Å²) < 4.78 is 12.2. The van der Waals surface area contributed by atoms with Crippen LogP contribution in [0, 0.1) is 18.8 Å². The summed E-state index contributed by atoms with van der Waals surface area (Å²) in [5, 5.41) is 8.21. The predicted molar refractivity (Wildman–Crippen MR) is 205 cm³/mol. The quantitative estimate of drug-likeness (QED) is 0.140. The highest BCUT2D eigenvalue weighted by Gasteiger charge is 2.42. The van der Waals surface area contributed by atoms with E-state index in [9.17, 15) is 14.4 Å². The van der Waals surface area contributed by atoms with E-state index in [0.29, 0.717) is 54.0 Å². The minimum Gasteiger partial charge on any atom is -0.434 e. The fourth-order valence-electron chi connectivity index (χ4n) is 8.00. The van der Waals surface area contributed by atoms with Gasteiger partial charge < -0.3 is 30.4 Å². The topological polar surface area (TPSA) is 153 Å². The number of aromatic nitrogens is 2. The second-order valence-electron chi connectivity index (χ2n) is 14.9. The number of nitrogens with two attached hydrogens (primary N) is 1. The zero-order valence-corrected chi connectivity index (χ0v) is 31.8. The molecule has 1 saturated carbocycles. The van der Waals surface area contributed by atoms with Crippen molar-refractivity contribution in [1.29, 1.82) is 0 Å². The number of hydrogen-bond acceptors (Lipinski definition) is 10. The van der Waals surface area contributed by atoms with Crippen LogP contribution in [0.15, 0.2) is 52.9 Å². The van der Waals surface area contributed by atoms with Gasteiger partial charge in [0.2, 0.25) is 17.6 Å². The average molecular weight is 761 g/mol.